The fourth-order valence-corrected chi connectivity index (χ4v) is 3.13. The van der Waals surface area contributed by atoms with E-state index in [1.807, 2.05) is 53.2 Å². The number of hydrogen-bond acceptors (Lipinski definition) is 2. The maximum Gasteiger partial charge on any atom is 0.266 e. The smallest absolute Gasteiger partial charge is 0.266 e. The largest absolute Gasteiger partial charge is 0.321 e. The summed E-state index contributed by atoms with van der Waals surface area (Å²) in [4.78, 5) is 12.5. The number of carbonyl (C=O) groups excluding carboxylic acids is 1. The molecule has 3 rings (SSSR count). The quantitative estimate of drug-likeness (QED) is 0.378. The maximum atomic E-state index is 12.5. The van der Waals surface area contributed by atoms with Crippen LogP contribution in [0.5, 0.6) is 0 Å². The van der Waals surface area contributed by atoms with Crippen LogP contribution in [0.2, 0.25) is 10.0 Å². The SMILES string of the molecule is N#C/C(=C/c1cccn1-c1cccc(Br)c1)C(=O)Nc1ccc(Cl)c(Cl)c1. The van der Waals surface area contributed by atoms with Gasteiger partial charge in [0.15, 0.2) is 0 Å². The van der Waals surface area contributed by atoms with E-state index in [1.54, 1.807) is 12.1 Å². The van der Waals surface area contributed by atoms with E-state index >= 15 is 0 Å². The number of nitrogens with one attached hydrogen (secondary N) is 1. The van der Waals surface area contributed by atoms with Crippen LogP contribution >= 0.6 is 39.1 Å². The van der Waals surface area contributed by atoms with Crippen molar-refractivity contribution in [3.8, 4) is 11.8 Å². The molecule has 0 saturated heterocycles. The topological polar surface area (TPSA) is 57.8 Å². The van der Waals surface area contributed by atoms with Crippen LogP contribution in [-0.4, -0.2) is 10.5 Å². The van der Waals surface area contributed by atoms with E-state index in [0.717, 1.165) is 10.2 Å². The predicted octanol–water partition coefficient (Wildman–Crippen LogP) is 6.09. The monoisotopic (exact) mass is 459 g/mol. The molecule has 0 aliphatic heterocycles. The van der Waals surface area contributed by atoms with E-state index in [1.165, 1.54) is 12.1 Å². The number of amides is 1. The Kier molecular flexibility index (Phi) is 6.02. The van der Waals surface area contributed by atoms with Gasteiger partial charge in [-0.3, -0.25) is 4.79 Å². The number of rotatable bonds is 4. The number of halogens is 3. The van der Waals surface area contributed by atoms with Crippen molar-refractivity contribution in [3.05, 3.63) is 86.6 Å². The molecule has 27 heavy (non-hydrogen) atoms. The van der Waals surface area contributed by atoms with Gasteiger partial charge < -0.3 is 9.88 Å². The van der Waals surface area contributed by atoms with Crippen molar-refractivity contribution in [1.29, 1.82) is 5.26 Å². The average molecular weight is 461 g/mol. The Balaban J connectivity index is 1.89. The Bertz CT molecular complexity index is 1080. The van der Waals surface area contributed by atoms with Gasteiger partial charge in [-0.25, -0.2) is 0 Å². The lowest BCUT2D eigenvalue weighted by atomic mass is 10.2. The fraction of sp³-hybridized carbons (Fsp3) is 0. The number of benzene rings is 2. The molecule has 3 aromatic rings. The molecule has 0 bridgehead atoms. The number of nitriles is 1. The normalized spacial score (nSPS) is 11.1. The van der Waals surface area contributed by atoms with Gasteiger partial charge in [0.2, 0.25) is 0 Å². The van der Waals surface area contributed by atoms with Crippen molar-refractivity contribution in [1.82, 2.24) is 4.57 Å². The van der Waals surface area contributed by atoms with E-state index < -0.39 is 5.91 Å². The first kappa shape index (κ1) is 19.2. The molecule has 1 amide bonds. The second kappa shape index (κ2) is 8.45. The van der Waals surface area contributed by atoms with Gasteiger partial charge >= 0.3 is 0 Å². The van der Waals surface area contributed by atoms with E-state index in [9.17, 15) is 10.1 Å². The number of anilines is 1. The van der Waals surface area contributed by atoms with Crippen molar-refractivity contribution in [2.45, 2.75) is 0 Å². The minimum Gasteiger partial charge on any atom is -0.321 e. The second-order valence-corrected chi connectivity index (χ2v) is 7.27. The molecule has 0 radical (unpaired) electrons. The Morgan fingerprint density at radius 1 is 1.11 bits per heavy atom. The molecular weight excluding hydrogens is 449 g/mol. The summed E-state index contributed by atoms with van der Waals surface area (Å²) in [6.45, 7) is 0. The molecular formula is C20H12BrCl2N3O. The van der Waals surface area contributed by atoms with Gasteiger partial charge in [0.05, 0.1) is 10.0 Å². The Hall–Kier alpha value is -2.52. The Morgan fingerprint density at radius 3 is 2.63 bits per heavy atom. The summed E-state index contributed by atoms with van der Waals surface area (Å²) in [7, 11) is 0. The highest BCUT2D eigenvalue weighted by atomic mass is 79.9. The minimum absolute atomic E-state index is 0.0315. The van der Waals surface area contributed by atoms with Crippen LogP contribution in [0.25, 0.3) is 11.8 Å². The van der Waals surface area contributed by atoms with Crippen molar-refractivity contribution in [2.75, 3.05) is 5.32 Å². The van der Waals surface area contributed by atoms with Crippen molar-refractivity contribution in [2.24, 2.45) is 0 Å². The van der Waals surface area contributed by atoms with E-state index in [4.69, 9.17) is 23.2 Å². The van der Waals surface area contributed by atoms with E-state index in [-0.39, 0.29) is 5.57 Å². The summed E-state index contributed by atoms with van der Waals surface area (Å²) >= 11 is 15.3. The molecule has 0 atom stereocenters. The molecule has 0 aliphatic rings. The molecule has 7 heteroatoms. The molecule has 1 N–H and O–H groups in total. The van der Waals surface area contributed by atoms with Crippen LogP contribution < -0.4 is 5.32 Å². The van der Waals surface area contributed by atoms with Crippen molar-refractivity contribution < 1.29 is 4.79 Å². The molecule has 4 nitrogen and oxygen atoms in total. The number of hydrogen-bond donors (Lipinski definition) is 1. The van der Waals surface area contributed by atoms with Gasteiger partial charge in [-0.15, -0.1) is 0 Å². The Labute approximate surface area is 174 Å². The van der Waals surface area contributed by atoms with Gasteiger partial charge in [0.1, 0.15) is 11.6 Å². The molecule has 0 saturated carbocycles. The van der Waals surface area contributed by atoms with Crippen LogP contribution in [0.3, 0.4) is 0 Å². The third kappa shape index (κ3) is 4.61. The zero-order valence-electron chi connectivity index (χ0n) is 13.8. The molecule has 1 aromatic heterocycles. The zero-order chi connectivity index (χ0) is 19.4. The zero-order valence-corrected chi connectivity index (χ0v) is 16.9. The molecule has 0 aliphatic carbocycles. The highest BCUT2D eigenvalue weighted by Gasteiger charge is 2.12. The lowest BCUT2D eigenvalue weighted by molar-refractivity contribution is -0.112. The first-order chi connectivity index (χ1) is 13.0. The second-order valence-electron chi connectivity index (χ2n) is 5.54. The van der Waals surface area contributed by atoms with Crippen LogP contribution in [0.15, 0.2) is 70.8 Å². The average Bonchev–Trinajstić information content (AvgIpc) is 3.11. The highest BCUT2D eigenvalue weighted by Crippen LogP contribution is 2.25. The maximum absolute atomic E-state index is 12.5. The van der Waals surface area contributed by atoms with Crippen LogP contribution in [-0.2, 0) is 4.79 Å². The summed E-state index contributed by atoms with van der Waals surface area (Å²) in [5, 5.41) is 12.8. The van der Waals surface area contributed by atoms with Crippen LogP contribution in [0, 0.1) is 11.3 Å². The lowest BCUT2D eigenvalue weighted by Gasteiger charge is -2.08. The summed E-state index contributed by atoms with van der Waals surface area (Å²) in [6.07, 6.45) is 3.40. The molecule has 0 fully saturated rings. The van der Waals surface area contributed by atoms with Gasteiger partial charge in [-0.1, -0.05) is 45.2 Å². The third-order valence-electron chi connectivity index (χ3n) is 3.70. The van der Waals surface area contributed by atoms with Crippen LogP contribution in [0.1, 0.15) is 5.69 Å². The standard InChI is InChI=1S/C20H12BrCl2N3O/c21-14-3-1-4-17(10-14)26-8-2-5-16(26)9-13(12-24)20(27)25-15-6-7-18(22)19(23)11-15/h1-11H,(H,25,27)/b13-9-. The van der Waals surface area contributed by atoms with Crippen molar-refractivity contribution in [3.63, 3.8) is 0 Å². The molecule has 134 valence electrons. The van der Waals surface area contributed by atoms with Gasteiger partial charge in [0.25, 0.3) is 5.91 Å². The highest BCUT2D eigenvalue weighted by molar-refractivity contribution is 9.10. The first-order valence-electron chi connectivity index (χ1n) is 7.79. The summed E-state index contributed by atoms with van der Waals surface area (Å²) < 4.78 is 2.82. The van der Waals surface area contributed by atoms with Gasteiger partial charge in [0, 0.05) is 27.7 Å². The van der Waals surface area contributed by atoms with Crippen molar-refractivity contribution >= 4 is 56.8 Å². The van der Waals surface area contributed by atoms with E-state index in [2.05, 4.69) is 21.2 Å². The number of nitrogens with zero attached hydrogens (tertiary/aromatic N) is 2. The minimum atomic E-state index is -0.530. The fourth-order valence-electron chi connectivity index (χ4n) is 2.44. The molecule has 0 unspecified atom stereocenters. The molecule has 2 aromatic carbocycles. The predicted molar refractivity (Wildman–Crippen MR) is 112 cm³/mol. The third-order valence-corrected chi connectivity index (χ3v) is 4.93. The number of carbonyl (C=O) groups is 1. The summed E-state index contributed by atoms with van der Waals surface area (Å²) in [6, 6.07) is 18.1. The molecule has 0 spiro atoms. The first-order valence-corrected chi connectivity index (χ1v) is 9.34. The number of aromatic nitrogens is 1. The molecule has 1 heterocycles. The summed E-state index contributed by atoms with van der Waals surface area (Å²) in [5.41, 5.74) is 2.03. The van der Waals surface area contributed by atoms with E-state index in [0.29, 0.717) is 21.4 Å². The summed E-state index contributed by atoms with van der Waals surface area (Å²) in [5.74, 6) is -0.530. The van der Waals surface area contributed by atoms with Crippen LogP contribution in [0.4, 0.5) is 5.69 Å². The van der Waals surface area contributed by atoms with Gasteiger partial charge in [-0.2, -0.15) is 5.26 Å². The van der Waals surface area contributed by atoms with Gasteiger partial charge in [-0.05, 0) is 54.6 Å². The Morgan fingerprint density at radius 2 is 1.93 bits per heavy atom. The lowest BCUT2D eigenvalue weighted by Crippen LogP contribution is -2.13.